The van der Waals surface area contributed by atoms with Crippen LogP contribution in [0.15, 0.2) is 138 Å². The number of aromatic nitrogens is 1. The van der Waals surface area contributed by atoms with Crippen molar-refractivity contribution in [3.05, 3.63) is 167 Å². The molecule has 5 aromatic carbocycles. The van der Waals surface area contributed by atoms with E-state index in [0.29, 0.717) is 86.8 Å². The molecule has 14 heteroatoms. The first-order valence-electron chi connectivity index (χ1n) is 28.0. The lowest BCUT2D eigenvalue weighted by Crippen LogP contribution is -2.58. The Bertz CT molecular complexity index is 3310. The Morgan fingerprint density at radius 3 is 1.85 bits per heavy atom. The number of anilines is 1. The van der Waals surface area contributed by atoms with Crippen molar-refractivity contribution in [3.8, 4) is 51.6 Å². The standard InChI is InChI=1S/C66H80BN8O5/c1-50-15-21-53(22-16-50)60-47-62(55-23-17-51(2)18-24-55)72-64(60)70-65-61(54-27-31-58(32-28-54)71(3)4)48-63(56-29-33-59(77-10)34-30-56)73(65)67(72,35-11-39-74(5,6)7)36-12-40-75(8,9)49-52-19-25-57(26-20-52)66(76)69-38-14-42-79-44-46-80-45-43-78-41-13-37-68/h15-34,47-48H,13-14,37-46,49,68H2,1-10H3/q+1/p+2. The fourth-order valence-electron chi connectivity index (χ4n) is 9.92. The zero-order chi connectivity index (χ0) is 56.9. The third-order valence-electron chi connectivity index (χ3n) is 14.3. The number of hydrogen-bond donors (Lipinski definition) is 2. The molecular formula is C66H82BN8O5+3. The molecule has 2 aliphatic rings. The molecule has 0 fully saturated rings. The van der Waals surface area contributed by atoms with Crippen LogP contribution in [0.2, 0.25) is 0 Å². The third-order valence-corrected chi connectivity index (χ3v) is 14.3. The quantitative estimate of drug-likeness (QED) is 0.0273. The zero-order valence-electron chi connectivity index (χ0n) is 48.9. The van der Waals surface area contributed by atoms with Crippen LogP contribution in [0, 0.1) is 37.3 Å². The van der Waals surface area contributed by atoms with Crippen molar-refractivity contribution in [3.63, 3.8) is 0 Å². The summed E-state index contributed by atoms with van der Waals surface area (Å²) < 4.78 is 28.4. The van der Waals surface area contributed by atoms with Crippen LogP contribution in [0.1, 0.15) is 51.0 Å². The molecule has 1 unspecified atom stereocenters. The Balaban J connectivity index is 1.17. The van der Waals surface area contributed by atoms with Crippen LogP contribution < -0.4 is 20.7 Å². The minimum atomic E-state index is -2.40. The van der Waals surface area contributed by atoms with Gasteiger partial charge in [0.2, 0.25) is 5.82 Å². The van der Waals surface area contributed by atoms with E-state index in [-0.39, 0.29) is 5.91 Å². The van der Waals surface area contributed by atoms with Crippen molar-refractivity contribution in [2.24, 2.45) is 4.99 Å². The number of nitrogens with one attached hydrogen (secondary N) is 1. The summed E-state index contributed by atoms with van der Waals surface area (Å²) in [4.78, 5) is 21.2. The summed E-state index contributed by atoms with van der Waals surface area (Å²) >= 11 is 0. The van der Waals surface area contributed by atoms with Gasteiger partial charge in [0.25, 0.3) is 11.7 Å². The number of aryl methyl sites for hydroxylation is 2. The van der Waals surface area contributed by atoms with E-state index in [4.69, 9.17) is 23.9 Å². The van der Waals surface area contributed by atoms with E-state index in [9.17, 15) is 4.79 Å². The highest BCUT2D eigenvalue weighted by atomic mass is 16.5. The summed E-state index contributed by atoms with van der Waals surface area (Å²) in [5.74, 6) is 17.9. The topological polar surface area (TPSA) is 117 Å². The molecule has 1 amide bonds. The molecule has 0 aliphatic carbocycles. The second kappa shape index (κ2) is 26.6. The Morgan fingerprint density at radius 1 is 0.700 bits per heavy atom. The van der Waals surface area contributed by atoms with Crippen LogP contribution >= 0.6 is 0 Å². The Labute approximate surface area is 475 Å². The molecule has 13 nitrogen and oxygen atoms in total. The SMILES string of the molecule is COc1ccc(-c2cc(-c3ccc(N(C)C)cc3)c3n2[B-](C#CC[N+](C)(C)C)(C#CC[N+](C)(C)Cc2ccc(C(=O)NCCCOCCOCCOCCC[NH3+])cc2)[N+]2=C(c4ccc(C)cc4)C=C(c4ccc(C)cc4)C2=N3)cc1. The lowest BCUT2D eigenvalue weighted by atomic mass is 9.45. The second-order valence-corrected chi connectivity index (χ2v) is 22.8. The minimum absolute atomic E-state index is 0.108. The summed E-state index contributed by atoms with van der Waals surface area (Å²) in [6.07, 6.45) is 1.55. The van der Waals surface area contributed by atoms with Crippen LogP contribution in [-0.4, -0.2) is 164 Å². The van der Waals surface area contributed by atoms with E-state index in [1.165, 1.54) is 11.1 Å². The Hall–Kier alpha value is -7.53. The first kappa shape index (κ1) is 58.6. The van der Waals surface area contributed by atoms with Crippen LogP contribution in [0.5, 0.6) is 5.75 Å². The molecular weight excluding hydrogens is 996 g/mol. The fraction of sp³-hybridized carbons (Fsp3) is 0.348. The van der Waals surface area contributed by atoms with Gasteiger partial charge < -0.3 is 52.8 Å². The van der Waals surface area contributed by atoms with E-state index >= 15 is 0 Å². The minimum Gasteiger partial charge on any atom is -0.497 e. The van der Waals surface area contributed by atoms with Crippen molar-refractivity contribution in [2.45, 2.75) is 33.2 Å². The van der Waals surface area contributed by atoms with Gasteiger partial charge in [-0.2, -0.15) is 0 Å². The molecule has 0 radical (unpaired) electrons. The van der Waals surface area contributed by atoms with Gasteiger partial charge >= 0.3 is 6.42 Å². The number of benzene rings is 5. The fourth-order valence-corrected chi connectivity index (χ4v) is 9.92. The van der Waals surface area contributed by atoms with Crippen molar-refractivity contribution < 1.29 is 42.9 Å². The maximum Gasteiger partial charge on any atom is 0.434 e. The monoisotopic (exact) mass is 1080 g/mol. The van der Waals surface area contributed by atoms with Gasteiger partial charge in [-0.25, -0.2) is 11.6 Å². The molecule has 4 N–H and O–H groups in total. The van der Waals surface area contributed by atoms with E-state index in [1.807, 2.05) is 36.4 Å². The number of nitrogens with zero attached hydrogens (tertiary/aromatic N) is 6. The Kier molecular flexibility index (Phi) is 19.5. The largest absolute Gasteiger partial charge is 0.497 e. The molecule has 0 spiro atoms. The number of allylic oxidation sites excluding steroid dienone is 1. The zero-order valence-corrected chi connectivity index (χ0v) is 48.9. The predicted octanol–water partition coefficient (Wildman–Crippen LogP) is 8.32. The summed E-state index contributed by atoms with van der Waals surface area (Å²) in [6.45, 7) is 10.8. The van der Waals surface area contributed by atoms with Crippen LogP contribution in [0.3, 0.4) is 0 Å². The highest BCUT2D eigenvalue weighted by Crippen LogP contribution is 2.46. The molecule has 3 heterocycles. The smallest absolute Gasteiger partial charge is 0.434 e. The van der Waals surface area contributed by atoms with Gasteiger partial charge in [0, 0.05) is 67.3 Å². The van der Waals surface area contributed by atoms with Gasteiger partial charge in [-0.15, -0.1) is 0 Å². The van der Waals surface area contributed by atoms with Gasteiger partial charge in [0.15, 0.2) is 0 Å². The van der Waals surface area contributed by atoms with Gasteiger partial charge in [-0.3, -0.25) is 4.79 Å². The molecule has 0 saturated heterocycles. The van der Waals surface area contributed by atoms with E-state index in [1.54, 1.807) is 7.11 Å². The maximum atomic E-state index is 13.2. The van der Waals surface area contributed by atoms with Crippen LogP contribution in [0.25, 0.3) is 28.0 Å². The summed E-state index contributed by atoms with van der Waals surface area (Å²) in [6, 6.07) is 44.6. The number of hydrogen-bond acceptors (Lipinski definition) is 7. The molecule has 416 valence electrons. The van der Waals surface area contributed by atoms with Crippen molar-refractivity contribution in [2.75, 3.05) is 127 Å². The average Bonchev–Trinajstić information content (AvgIpc) is 4.15. The number of ether oxygens (including phenoxy) is 4. The summed E-state index contributed by atoms with van der Waals surface area (Å²) in [5.41, 5.74) is 17.1. The van der Waals surface area contributed by atoms with E-state index < -0.39 is 6.42 Å². The number of quaternary nitrogens is 3. The summed E-state index contributed by atoms with van der Waals surface area (Å²) in [5, 5.41) is 3.05. The van der Waals surface area contributed by atoms with Gasteiger partial charge in [0.05, 0.1) is 93.2 Å². The first-order chi connectivity index (χ1) is 38.5. The first-order valence-corrected chi connectivity index (χ1v) is 28.0. The highest BCUT2D eigenvalue weighted by Gasteiger charge is 2.50. The lowest BCUT2D eigenvalue weighted by Gasteiger charge is -2.38. The third kappa shape index (κ3) is 14.6. The lowest BCUT2D eigenvalue weighted by molar-refractivity contribution is -0.896. The number of rotatable bonds is 24. The molecule has 80 heavy (non-hydrogen) atoms. The molecule has 8 rings (SSSR count). The molecule has 1 aromatic heterocycles. The number of carbonyl (C=O) groups is 1. The molecule has 6 aromatic rings. The number of carbonyl (C=O) groups excluding carboxylic acids is 1. The number of aliphatic imine (C=N–C) groups is 1. The molecule has 1 atom stereocenters. The molecule has 2 aliphatic heterocycles. The maximum absolute atomic E-state index is 13.2. The van der Waals surface area contributed by atoms with Crippen LogP contribution in [-0.2, 0) is 20.8 Å². The number of methoxy groups -OCH3 is 1. The van der Waals surface area contributed by atoms with Gasteiger partial charge in [-0.05, 0) is 103 Å². The van der Waals surface area contributed by atoms with E-state index in [0.717, 1.165) is 86.4 Å². The van der Waals surface area contributed by atoms with E-state index in [2.05, 4.69) is 209 Å². The van der Waals surface area contributed by atoms with Crippen molar-refractivity contribution in [1.29, 1.82) is 0 Å². The average molecular weight is 1080 g/mol. The molecule has 0 saturated carbocycles. The summed E-state index contributed by atoms with van der Waals surface area (Å²) in [7, 11) is 16.7. The number of amidine groups is 1. The predicted molar refractivity (Wildman–Crippen MR) is 326 cm³/mol. The number of amides is 1. The Morgan fingerprint density at radius 2 is 1.26 bits per heavy atom. The number of fused-ring (bicyclic) bond motifs is 2. The van der Waals surface area contributed by atoms with Crippen molar-refractivity contribution in [1.82, 2.24) is 9.79 Å². The molecule has 0 bridgehead atoms. The highest BCUT2D eigenvalue weighted by molar-refractivity contribution is 6.89. The normalized spacial score (nSPS) is 14.7. The van der Waals surface area contributed by atoms with Gasteiger partial charge in [-0.1, -0.05) is 95.8 Å². The van der Waals surface area contributed by atoms with Crippen molar-refractivity contribution >= 4 is 40.9 Å². The second-order valence-electron chi connectivity index (χ2n) is 22.8. The van der Waals surface area contributed by atoms with Gasteiger partial charge in [0.1, 0.15) is 25.4 Å². The van der Waals surface area contributed by atoms with Crippen LogP contribution in [0.4, 0.5) is 11.5 Å².